The second-order valence-electron chi connectivity index (χ2n) is 8.63. The molecule has 31 heavy (non-hydrogen) atoms. The third-order valence-corrected chi connectivity index (χ3v) is 6.55. The Labute approximate surface area is 185 Å². The standard InChI is InChI=1S/C24H25FN2O3S/c1-24(2,3)27(23(29)19-5-4-13-30-19)15-21(28)26-12-10-20-18(11-14-31-20)22(26)16-6-8-17(25)9-7-16/h4-9,11,13-14,22H,10,12,15H2,1-3H3. The van der Waals surface area contributed by atoms with E-state index in [2.05, 4.69) is 0 Å². The van der Waals surface area contributed by atoms with Crippen molar-refractivity contribution in [2.45, 2.75) is 38.8 Å². The molecular formula is C24H25FN2O3S. The van der Waals surface area contributed by atoms with Crippen molar-refractivity contribution in [3.05, 3.63) is 81.7 Å². The van der Waals surface area contributed by atoms with E-state index < -0.39 is 5.54 Å². The monoisotopic (exact) mass is 440 g/mol. The minimum absolute atomic E-state index is 0.0692. The van der Waals surface area contributed by atoms with Crippen molar-refractivity contribution in [2.75, 3.05) is 13.1 Å². The number of furan rings is 1. The minimum atomic E-state index is -0.575. The highest BCUT2D eigenvalue weighted by molar-refractivity contribution is 7.10. The molecular weight excluding hydrogens is 415 g/mol. The number of halogens is 1. The fourth-order valence-corrected chi connectivity index (χ4v) is 4.87. The van der Waals surface area contributed by atoms with E-state index in [1.807, 2.05) is 32.2 Å². The minimum Gasteiger partial charge on any atom is -0.459 e. The lowest BCUT2D eigenvalue weighted by Gasteiger charge is -2.40. The van der Waals surface area contributed by atoms with Crippen LogP contribution in [0.25, 0.3) is 0 Å². The molecule has 0 spiro atoms. The fraction of sp³-hybridized carbons (Fsp3) is 0.333. The third-order valence-electron chi connectivity index (χ3n) is 5.55. The Morgan fingerprint density at radius 2 is 1.94 bits per heavy atom. The van der Waals surface area contributed by atoms with Crippen LogP contribution in [0.5, 0.6) is 0 Å². The van der Waals surface area contributed by atoms with Gasteiger partial charge in [-0.05, 0) is 74.0 Å². The summed E-state index contributed by atoms with van der Waals surface area (Å²) >= 11 is 1.67. The lowest BCUT2D eigenvalue weighted by atomic mass is 9.93. The van der Waals surface area contributed by atoms with Crippen LogP contribution in [-0.4, -0.2) is 40.2 Å². The van der Waals surface area contributed by atoms with Gasteiger partial charge in [-0.2, -0.15) is 0 Å². The van der Waals surface area contributed by atoms with Crippen LogP contribution in [0, 0.1) is 5.82 Å². The largest absolute Gasteiger partial charge is 0.459 e. The van der Waals surface area contributed by atoms with E-state index in [0.29, 0.717) is 6.54 Å². The molecule has 2 amide bonds. The Kier molecular flexibility index (Phi) is 5.71. The van der Waals surface area contributed by atoms with Crippen molar-refractivity contribution in [2.24, 2.45) is 0 Å². The van der Waals surface area contributed by atoms with Crippen LogP contribution < -0.4 is 0 Å². The van der Waals surface area contributed by atoms with Crippen LogP contribution in [-0.2, 0) is 11.2 Å². The molecule has 0 saturated heterocycles. The van der Waals surface area contributed by atoms with E-state index in [9.17, 15) is 14.0 Å². The smallest absolute Gasteiger partial charge is 0.290 e. The molecule has 0 aliphatic carbocycles. The lowest BCUT2D eigenvalue weighted by Crippen LogP contribution is -2.52. The first kappa shape index (κ1) is 21.3. The van der Waals surface area contributed by atoms with Crippen molar-refractivity contribution in [3.8, 4) is 0 Å². The van der Waals surface area contributed by atoms with Crippen molar-refractivity contribution in [1.29, 1.82) is 0 Å². The number of amides is 2. The Balaban J connectivity index is 1.65. The molecule has 3 aromatic rings. The third kappa shape index (κ3) is 4.28. The van der Waals surface area contributed by atoms with Crippen LogP contribution >= 0.6 is 11.3 Å². The zero-order chi connectivity index (χ0) is 22.2. The first-order valence-electron chi connectivity index (χ1n) is 10.2. The summed E-state index contributed by atoms with van der Waals surface area (Å²) in [5.41, 5.74) is 1.35. The quantitative estimate of drug-likeness (QED) is 0.580. The number of nitrogens with zero attached hydrogens (tertiary/aromatic N) is 2. The molecule has 0 radical (unpaired) electrons. The Morgan fingerprint density at radius 1 is 1.19 bits per heavy atom. The molecule has 5 nitrogen and oxygen atoms in total. The van der Waals surface area contributed by atoms with Gasteiger partial charge >= 0.3 is 0 Å². The van der Waals surface area contributed by atoms with Gasteiger partial charge in [0.25, 0.3) is 5.91 Å². The van der Waals surface area contributed by atoms with E-state index in [-0.39, 0.29) is 36.0 Å². The van der Waals surface area contributed by atoms with E-state index in [1.165, 1.54) is 23.3 Å². The number of fused-ring (bicyclic) bond motifs is 1. The van der Waals surface area contributed by atoms with E-state index >= 15 is 0 Å². The highest BCUT2D eigenvalue weighted by Gasteiger charge is 2.37. The summed E-state index contributed by atoms with van der Waals surface area (Å²) in [5, 5.41) is 2.02. The summed E-state index contributed by atoms with van der Waals surface area (Å²) in [6.07, 6.45) is 2.21. The lowest BCUT2D eigenvalue weighted by molar-refractivity contribution is -0.135. The van der Waals surface area contributed by atoms with Crippen molar-refractivity contribution in [1.82, 2.24) is 9.80 Å². The fourth-order valence-electron chi connectivity index (χ4n) is 3.96. The molecule has 0 bridgehead atoms. The van der Waals surface area contributed by atoms with E-state index in [0.717, 1.165) is 17.5 Å². The van der Waals surface area contributed by atoms with Gasteiger partial charge in [0.05, 0.1) is 12.3 Å². The van der Waals surface area contributed by atoms with E-state index in [4.69, 9.17) is 4.42 Å². The molecule has 1 aromatic carbocycles. The molecule has 1 atom stereocenters. The summed E-state index contributed by atoms with van der Waals surface area (Å²) in [4.78, 5) is 31.2. The summed E-state index contributed by atoms with van der Waals surface area (Å²) in [6.45, 7) is 6.16. The number of rotatable bonds is 4. The molecule has 0 fully saturated rings. The predicted octanol–water partition coefficient (Wildman–Crippen LogP) is 4.90. The Morgan fingerprint density at radius 3 is 2.58 bits per heavy atom. The average Bonchev–Trinajstić information content (AvgIpc) is 3.42. The van der Waals surface area contributed by atoms with Crippen molar-refractivity contribution >= 4 is 23.2 Å². The molecule has 0 saturated carbocycles. The number of thiophene rings is 1. The molecule has 162 valence electrons. The highest BCUT2D eigenvalue weighted by Crippen LogP contribution is 2.38. The van der Waals surface area contributed by atoms with Gasteiger partial charge in [-0.1, -0.05) is 12.1 Å². The topological polar surface area (TPSA) is 53.8 Å². The molecule has 1 aliphatic rings. The maximum atomic E-state index is 13.5. The van der Waals surface area contributed by atoms with Crippen LogP contribution in [0.3, 0.4) is 0 Å². The number of hydrogen-bond donors (Lipinski definition) is 0. The second-order valence-corrected chi connectivity index (χ2v) is 9.63. The molecule has 4 rings (SSSR count). The molecule has 0 N–H and O–H groups in total. The zero-order valence-electron chi connectivity index (χ0n) is 17.8. The number of benzene rings is 1. The van der Waals surface area contributed by atoms with Crippen LogP contribution in [0.1, 0.15) is 53.4 Å². The van der Waals surface area contributed by atoms with Gasteiger partial charge in [0.2, 0.25) is 5.91 Å². The number of carbonyl (C=O) groups excluding carboxylic acids is 2. The van der Waals surface area contributed by atoms with Gasteiger partial charge in [-0.3, -0.25) is 9.59 Å². The highest BCUT2D eigenvalue weighted by atomic mass is 32.1. The van der Waals surface area contributed by atoms with Gasteiger partial charge in [-0.15, -0.1) is 11.3 Å². The summed E-state index contributed by atoms with van der Waals surface area (Å²) < 4.78 is 18.8. The van der Waals surface area contributed by atoms with Gasteiger partial charge in [-0.25, -0.2) is 4.39 Å². The molecule has 7 heteroatoms. The Bertz CT molecular complexity index is 1070. The summed E-state index contributed by atoms with van der Waals surface area (Å²) in [6, 6.07) is 11.3. The zero-order valence-corrected chi connectivity index (χ0v) is 18.6. The summed E-state index contributed by atoms with van der Waals surface area (Å²) in [5.74, 6) is -0.582. The normalized spacial score (nSPS) is 16.1. The first-order chi connectivity index (χ1) is 14.8. The van der Waals surface area contributed by atoms with Crippen LogP contribution in [0.2, 0.25) is 0 Å². The van der Waals surface area contributed by atoms with Crippen molar-refractivity contribution in [3.63, 3.8) is 0 Å². The maximum absolute atomic E-state index is 13.5. The Hall–Kier alpha value is -2.93. The van der Waals surface area contributed by atoms with Gasteiger partial charge < -0.3 is 14.2 Å². The number of hydrogen-bond acceptors (Lipinski definition) is 4. The predicted molar refractivity (Wildman–Crippen MR) is 117 cm³/mol. The average molecular weight is 441 g/mol. The first-order valence-corrected chi connectivity index (χ1v) is 11.1. The van der Waals surface area contributed by atoms with E-state index in [1.54, 1.807) is 45.4 Å². The van der Waals surface area contributed by atoms with Gasteiger partial charge in [0.15, 0.2) is 5.76 Å². The van der Waals surface area contributed by atoms with Crippen LogP contribution in [0.4, 0.5) is 4.39 Å². The van der Waals surface area contributed by atoms with Crippen molar-refractivity contribution < 1.29 is 18.4 Å². The number of carbonyl (C=O) groups is 2. The maximum Gasteiger partial charge on any atom is 0.290 e. The molecule has 1 aliphatic heterocycles. The summed E-state index contributed by atoms with van der Waals surface area (Å²) in [7, 11) is 0. The van der Waals surface area contributed by atoms with Crippen LogP contribution in [0.15, 0.2) is 58.5 Å². The molecule has 1 unspecified atom stereocenters. The molecule has 2 aromatic heterocycles. The second kappa shape index (κ2) is 8.30. The molecule has 3 heterocycles. The van der Waals surface area contributed by atoms with Gasteiger partial charge in [0, 0.05) is 17.0 Å². The van der Waals surface area contributed by atoms with Gasteiger partial charge in [0.1, 0.15) is 12.4 Å². The SMILES string of the molecule is CC(C)(C)N(CC(=O)N1CCc2sccc2C1c1ccc(F)cc1)C(=O)c1ccco1.